The zero-order valence-corrected chi connectivity index (χ0v) is 13.4. The Hall–Kier alpha value is -1.76. The van der Waals surface area contributed by atoms with Gasteiger partial charge >= 0.3 is 0 Å². The molecule has 0 aliphatic carbocycles. The molecule has 3 heteroatoms. The van der Waals surface area contributed by atoms with Crippen LogP contribution < -0.4 is 4.90 Å². The van der Waals surface area contributed by atoms with Gasteiger partial charge in [0, 0.05) is 34.5 Å². The number of hydrogen-bond donors (Lipinski definition) is 1. The monoisotopic (exact) mass is 299 g/mol. The smallest absolute Gasteiger partial charge is 0.0540 e. The highest BCUT2D eigenvalue weighted by atomic mass is 32.1. The minimum Gasteiger partial charge on any atom is -0.395 e. The lowest BCUT2D eigenvalue weighted by atomic mass is 10.2. The first-order valence-corrected chi connectivity index (χ1v) is 8.09. The molecular weight excluding hydrogens is 278 g/mol. The van der Waals surface area contributed by atoms with Gasteiger partial charge in [-0.15, -0.1) is 11.3 Å². The molecule has 2 nitrogen and oxygen atoms in total. The van der Waals surface area contributed by atoms with Crippen molar-refractivity contribution in [1.82, 2.24) is 0 Å². The first-order valence-electron chi connectivity index (χ1n) is 7.21. The van der Waals surface area contributed by atoms with E-state index in [0.717, 1.165) is 18.7 Å². The molecular formula is C18H21NOS. The standard InChI is InChI=1S/C18H21NOS/c1-3-19(17-9-7-15(2)8-10-17)13-18-12-16(14-21-18)6-4-5-11-20/h7-10,12,14,20H,3,5,11,13H2,1-2H3. The van der Waals surface area contributed by atoms with Crippen LogP contribution in [0.2, 0.25) is 0 Å². The van der Waals surface area contributed by atoms with Crippen LogP contribution in [-0.2, 0) is 6.54 Å². The Kier molecular flexibility index (Phi) is 5.86. The van der Waals surface area contributed by atoms with Gasteiger partial charge in [0.1, 0.15) is 0 Å². The van der Waals surface area contributed by atoms with Gasteiger partial charge in [-0.25, -0.2) is 0 Å². The Morgan fingerprint density at radius 1 is 1.24 bits per heavy atom. The zero-order chi connectivity index (χ0) is 15.1. The summed E-state index contributed by atoms with van der Waals surface area (Å²) >= 11 is 1.74. The van der Waals surface area contributed by atoms with Gasteiger partial charge in [-0.1, -0.05) is 29.5 Å². The molecule has 0 saturated heterocycles. The van der Waals surface area contributed by atoms with Crippen LogP contribution in [0.1, 0.15) is 29.3 Å². The Bertz CT molecular complexity index is 619. The van der Waals surface area contributed by atoms with E-state index in [1.165, 1.54) is 16.1 Å². The fourth-order valence-electron chi connectivity index (χ4n) is 2.08. The second kappa shape index (κ2) is 7.87. The lowest BCUT2D eigenvalue weighted by Crippen LogP contribution is -2.21. The van der Waals surface area contributed by atoms with Crippen LogP contribution >= 0.6 is 11.3 Å². The van der Waals surface area contributed by atoms with Gasteiger partial charge in [0.05, 0.1) is 13.2 Å². The molecule has 0 spiro atoms. The third kappa shape index (κ3) is 4.63. The van der Waals surface area contributed by atoms with Gasteiger partial charge in [-0.2, -0.15) is 0 Å². The summed E-state index contributed by atoms with van der Waals surface area (Å²) in [5, 5.41) is 10.8. The van der Waals surface area contributed by atoms with E-state index in [2.05, 4.69) is 66.3 Å². The molecule has 2 rings (SSSR count). The largest absolute Gasteiger partial charge is 0.395 e. The number of hydrogen-bond acceptors (Lipinski definition) is 3. The predicted octanol–water partition coefficient (Wildman–Crippen LogP) is 3.82. The lowest BCUT2D eigenvalue weighted by molar-refractivity contribution is 0.305. The molecule has 1 heterocycles. The molecule has 21 heavy (non-hydrogen) atoms. The van der Waals surface area contributed by atoms with Crippen molar-refractivity contribution in [3.05, 3.63) is 51.7 Å². The number of aliphatic hydroxyl groups excluding tert-OH is 1. The van der Waals surface area contributed by atoms with Gasteiger partial charge in [0.15, 0.2) is 0 Å². The highest BCUT2D eigenvalue weighted by Crippen LogP contribution is 2.21. The fraction of sp³-hybridized carbons (Fsp3) is 0.333. The second-order valence-corrected chi connectivity index (χ2v) is 5.92. The molecule has 0 saturated carbocycles. The summed E-state index contributed by atoms with van der Waals surface area (Å²) in [6.45, 7) is 6.30. The third-order valence-corrected chi connectivity index (χ3v) is 4.17. The van der Waals surface area contributed by atoms with Crippen LogP contribution in [0.4, 0.5) is 5.69 Å². The molecule has 0 aliphatic heterocycles. The normalized spacial score (nSPS) is 10.0. The first-order chi connectivity index (χ1) is 10.2. The molecule has 0 atom stereocenters. The van der Waals surface area contributed by atoms with Crippen molar-refractivity contribution in [2.24, 2.45) is 0 Å². The van der Waals surface area contributed by atoms with Gasteiger partial charge in [0.2, 0.25) is 0 Å². The number of aliphatic hydroxyl groups is 1. The average Bonchev–Trinajstić information content (AvgIpc) is 2.94. The summed E-state index contributed by atoms with van der Waals surface area (Å²) < 4.78 is 0. The summed E-state index contributed by atoms with van der Waals surface area (Å²) in [5.74, 6) is 6.05. The van der Waals surface area contributed by atoms with Crippen molar-refractivity contribution < 1.29 is 5.11 Å². The molecule has 110 valence electrons. The minimum absolute atomic E-state index is 0.126. The number of thiophene rings is 1. The van der Waals surface area contributed by atoms with E-state index in [1.54, 1.807) is 11.3 Å². The maximum absolute atomic E-state index is 8.74. The number of anilines is 1. The SMILES string of the molecule is CCN(Cc1cc(C#CCCO)cs1)c1ccc(C)cc1. The molecule has 2 aromatic rings. The minimum atomic E-state index is 0.126. The van der Waals surface area contributed by atoms with Crippen LogP contribution in [0.3, 0.4) is 0 Å². The second-order valence-electron chi connectivity index (χ2n) is 4.93. The highest BCUT2D eigenvalue weighted by Gasteiger charge is 2.07. The topological polar surface area (TPSA) is 23.5 Å². The lowest BCUT2D eigenvalue weighted by Gasteiger charge is -2.22. The van der Waals surface area contributed by atoms with E-state index in [1.807, 2.05) is 0 Å². The number of nitrogens with zero attached hydrogens (tertiary/aromatic N) is 1. The third-order valence-electron chi connectivity index (χ3n) is 3.25. The number of rotatable bonds is 5. The maximum Gasteiger partial charge on any atom is 0.0540 e. The Morgan fingerprint density at radius 3 is 2.67 bits per heavy atom. The van der Waals surface area contributed by atoms with Crippen LogP contribution in [0.15, 0.2) is 35.7 Å². The van der Waals surface area contributed by atoms with Crippen molar-refractivity contribution >= 4 is 17.0 Å². The van der Waals surface area contributed by atoms with Crippen molar-refractivity contribution in [3.63, 3.8) is 0 Å². The fourth-order valence-corrected chi connectivity index (χ4v) is 2.91. The Balaban J connectivity index is 2.05. The van der Waals surface area contributed by atoms with Crippen LogP contribution in [-0.4, -0.2) is 18.3 Å². The quantitative estimate of drug-likeness (QED) is 0.849. The maximum atomic E-state index is 8.74. The molecule has 0 bridgehead atoms. The predicted molar refractivity (Wildman–Crippen MR) is 90.8 cm³/mol. The van der Waals surface area contributed by atoms with E-state index >= 15 is 0 Å². The van der Waals surface area contributed by atoms with Crippen molar-refractivity contribution in [3.8, 4) is 11.8 Å². The van der Waals surface area contributed by atoms with E-state index in [4.69, 9.17) is 5.11 Å². The molecule has 0 fully saturated rings. The van der Waals surface area contributed by atoms with E-state index in [0.29, 0.717) is 6.42 Å². The molecule has 0 aliphatic rings. The van der Waals surface area contributed by atoms with Crippen LogP contribution in [0.25, 0.3) is 0 Å². The molecule has 1 aromatic heterocycles. The van der Waals surface area contributed by atoms with Crippen molar-refractivity contribution in [2.45, 2.75) is 26.8 Å². The van der Waals surface area contributed by atoms with Gasteiger partial charge in [-0.3, -0.25) is 0 Å². The molecule has 0 amide bonds. The molecule has 0 radical (unpaired) electrons. The summed E-state index contributed by atoms with van der Waals surface area (Å²) in [4.78, 5) is 3.67. The number of aryl methyl sites for hydroxylation is 1. The Labute approximate surface area is 131 Å². The average molecular weight is 299 g/mol. The van der Waals surface area contributed by atoms with Crippen LogP contribution in [0.5, 0.6) is 0 Å². The molecule has 1 aromatic carbocycles. The summed E-state index contributed by atoms with van der Waals surface area (Å²) in [5.41, 5.74) is 3.58. The number of benzene rings is 1. The van der Waals surface area contributed by atoms with Gasteiger partial charge < -0.3 is 10.0 Å². The Morgan fingerprint density at radius 2 is 2.00 bits per heavy atom. The highest BCUT2D eigenvalue weighted by molar-refractivity contribution is 7.10. The van der Waals surface area contributed by atoms with E-state index in [9.17, 15) is 0 Å². The first kappa shape index (κ1) is 15.6. The summed E-state index contributed by atoms with van der Waals surface area (Å²) in [6, 6.07) is 10.8. The van der Waals surface area contributed by atoms with Crippen molar-refractivity contribution in [1.29, 1.82) is 0 Å². The molecule has 0 unspecified atom stereocenters. The molecule has 1 N–H and O–H groups in total. The summed E-state index contributed by atoms with van der Waals surface area (Å²) in [6.07, 6.45) is 0.537. The van der Waals surface area contributed by atoms with Crippen molar-refractivity contribution in [2.75, 3.05) is 18.1 Å². The van der Waals surface area contributed by atoms with Crippen LogP contribution in [0, 0.1) is 18.8 Å². The van der Waals surface area contributed by atoms with Gasteiger partial charge in [-0.05, 0) is 32.0 Å². The zero-order valence-electron chi connectivity index (χ0n) is 12.6. The van der Waals surface area contributed by atoms with E-state index < -0.39 is 0 Å². The summed E-state index contributed by atoms with van der Waals surface area (Å²) in [7, 11) is 0. The van der Waals surface area contributed by atoms with Gasteiger partial charge in [0.25, 0.3) is 0 Å². The van der Waals surface area contributed by atoms with E-state index in [-0.39, 0.29) is 6.61 Å².